The first-order valence-corrected chi connectivity index (χ1v) is 8.18. The number of nitrogens with zero attached hydrogens (tertiary/aromatic N) is 1. The monoisotopic (exact) mass is 380 g/mol. The van der Waals surface area contributed by atoms with Crippen molar-refractivity contribution in [2.24, 2.45) is 0 Å². The normalized spacial score (nSPS) is 17.0. The molecule has 0 bridgehead atoms. The molecule has 4 nitrogen and oxygen atoms in total. The molecule has 0 aliphatic carbocycles. The molecule has 3 heterocycles. The zero-order valence-corrected chi connectivity index (χ0v) is 13.8. The molecule has 3 aromatic rings. The number of carbonyl (C=O) groups is 1. The van der Waals surface area contributed by atoms with Gasteiger partial charge in [0, 0.05) is 23.0 Å². The van der Waals surface area contributed by atoms with Crippen LogP contribution in [0.25, 0.3) is 27.9 Å². The first-order valence-electron chi connectivity index (χ1n) is 6.95. The van der Waals surface area contributed by atoms with E-state index in [-0.39, 0.29) is 11.4 Å². The summed E-state index contributed by atoms with van der Waals surface area (Å²) >= 11 is 6.03. The summed E-state index contributed by atoms with van der Waals surface area (Å²) in [5.41, 5.74) is -0.171. The summed E-state index contributed by atoms with van der Waals surface area (Å²) in [5.74, 6) is 0.0832. The fraction of sp³-hybridized carbons (Fsp3) is 0.0625. The quantitative estimate of drug-likeness (QED) is 0.498. The van der Waals surface area contributed by atoms with Crippen molar-refractivity contribution in [3.8, 4) is 0 Å². The fourth-order valence-electron chi connectivity index (χ4n) is 2.50. The van der Waals surface area contributed by atoms with Gasteiger partial charge in [-0.1, -0.05) is 24.0 Å². The molecule has 1 aliphatic heterocycles. The van der Waals surface area contributed by atoms with E-state index in [2.05, 4.69) is 10.3 Å². The molecule has 25 heavy (non-hydrogen) atoms. The molecule has 1 fully saturated rings. The van der Waals surface area contributed by atoms with Gasteiger partial charge in [0.2, 0.25) is 0 Å². The maximum Gasteiger partial charge on any atom is 0.416 e. The number of thiocarbonyl (C=S) groups is 1. The number of alkyl halides is 3. The number of furan rings is 1. The molecule has 126 valence electrons. The number of pyridine rings is 1. The number of halogens is 3. The van der Waals surface area contributed by atoms with E-state index in [0.29, 0.717) is 31.3 Å². The van der Waals surface area contributed by atoms with Crippen LogP contribution in [0.2, 0.25) is 0 Å². The Morgan fingerprint density at radius 2 is 2.08 bits per heavy atom. The zero-order chi connectivity index (χ0) is 17.8. The lowest BCUT2D eigenvalue weighted by Crippen LogP contribution is -2.17. The van der Waals surface area contributed by atoms with Gasteiger partial charge in [0.15, 0.2) is 0 Å². The first kappa shape index (κ1) is 16.1. The highest BCUT2D eigenvalue weighted by molar-refractivity contribution is 8.26. The average Bonchev–Trinajstić information content (AvgIpc) is 3.08. The molecule has 1 saturated heterocycles. The number of amides is 1. The molecule has 2 aromatic heterocycles. The molecule has 1 aromatic carbocycles. The standard InChI is InChI=1S/C16H7F3N2O2S2/c17-16(18,19)8-1-2-10-11(4-8)20-6-7-3-9(23-13(7)10)5-12-14(22)21-15(24)25-12/h1-6H,(H,21,22,24)/b12-5-. The van der Waals surface area contributed by atoms with E-state index in [1.807, 2.05) is 0 Å². The molecule has 0 saturated carbocycles. The molecule has 0 atom stereocenters. The minimum Gasteiger partial charge on any atom is -0.456 e. The second kappa shape index (κ2) is 5.57. The van der Waals surface area contributed by atoms with Crippen molar-refractivity contribution in [3.63, 3.8) is 0 Å². The van der Waals surface area contributed by atoms with Crippen molar-refractivity contribution in [1.29, 1.82) is 0 Å². The van der Waals surface area contributed by atoms with Crippen molar-refractivity contribution in [2.75, 3.05) is 0 Å². The summed E-state index contributed by atoms with van der Waals surface area (Å²) in [6.07, 6.45) is -1.46. The molecule has 1 amide bonds. The number of benzene rings is 1. The van der Waals surface area contributed by atoms with Gasteiger partial charge in [0.1, 0.15) is 15.7 Å². The van der Waals surface area contributed by atoms with Gasteiger partial charge >= 0.3 is 6.18 Å². The average molecular weight is 380 g/mol. The van der Waals surface area contributed by atoms with Gasteiger partial charge < -0.3 is 9.73 Å². The lowest BCUT2D eigenvalue weighted by atomic mass is 10.1. The van der Waals surface area contributed by atoms with Crippen molar-refractivity contribution in [3.05, 3.63) is 46.7 Å². The molecule has 1 N–H and O–H groups in total. The number of thioether (sulfide) groups is 1. The molecule has 0 radical (unpaired) electrons. The van der Waals surface area contributed by atoms with E-state index in [4.69, 9.17) is 16.6 Å². The Balaban J connectivity index is 1.83. The summed E-state index contributed by atoms with van der Waals surface area (Å²) in [5, 5.41) is 3.59. The Hall–Kier alpha value is -2.39. The minimum atomic E-state index is -4.44. The number of hydrogen-bond donors (Lipinski definition) is 1. The second-order valence-corrected chi connectivity index (χ2v) is 6.99. The van der Waals surface area contributed by atoms with Crippen LogP contribution in [-0.4, -0.2) is 15.2 Å². The van der Waals surface area contributed by atoms with Gasteiger partial charge in [-0.3, -0.25) is 9.78 Å². The van der Waals surface area contributed by atoms with Crippen molar-refractivity contribution < 1.29 is 22.4 Å². The molecular formula is C16H7F3N2O2S2. The van der Waals surface area contributed by atoms with Crippen LogP contribution in [0.4, 0.5) is 13.2 Å². The Morgan fingerprint density at radius 3 is 2.76 bits per heavy atom. The van der Waals surface area contributed by atoms with Crippen LogP contribution < -0.4 is 5.32 Å². The van der Waals surface area contributed by atoms with E-state index < -0.39 is 11.7 Å². The predicted octanol–water partition coefficient (Wildman–Crippen LogP) is 4.49. The second-order valence-electron chi connectivity index (χ2n) is 5.27. The third-order valence-corrected chi connectivity index (χ3v) is 4.77. The summed E-state index contributed by atoms with van der Waals surface area (Å²) in [6, 6.07) is 4.97. The summed E-state index contributed by atoms with van der Waals surface area (Å²) < 4.78 is 44.5. The van der Waals surface area contributed by atoms with Crippen LogP contribution in [0.3, 0.4) is 0 Å². The molecular weight excluding hydrogens is 373 g/mol. The highest BCUT2D eigenvalue weighted by atomic mass is 32.2. The van der Waals surface area contributed by atoms with E-state index >= 15 is 0 Å². The van der Waals surface area contributed by atoms with E-state index in [1.54, 1.807) is 6.07 Å². The fourth-order valence-corrected chi connectivity index (χ4v) is 3.52. The maximum atomic E-state index is 12.8. The number of fused-ring (bicyclic) bond motifs is 3. The molecule has 4 rings (SSSR count). The van der Waals surface area contributed by atoms with Gasteiger partial charge in [0.05, 0.1) is 16.0 Å². The Labute approximate surface area is 148 Å². The number of carbonyl (C=O) groups excluding carboxylic acids is 1. The van der Waals surface area contributed by atoms with Crippen LogP contribution in [-0.2, 0) is 11.0 Å². The van der Waals surface area contributed by atoms with Crippen LogP contribution in [0.15, 0.2) is 39.8 Å². The smallest absolute Gasteiger partial charge is 0.416 e. The number of nitrogens with one attached hydrogen (secondary N) is 1. The number of hydrogen-bond acceptors (Lipinski definition) is 5. The van der Waals surface area contributed by atoms with E-state index in [0.717, 1.165) is 23.9 Å². The third kappa shape index (κ3) is 2.89. The van der Waals surface area contributed by atoms with Crippen molar-refractivity contribution in [2.45, 2.75) is 6.18 Å². The zero-order valence-electron chi connectivity index (χ0n) is 12.2. The van der Waals surface area contributed by atoms with Gasteiger partial charge in [-0.05, 0) is 24.3 Å². The van der Waals surface area contributed by atoms with Gasteiger partial charge in [0.25, 0.3) is 5.91 Å². The van der Waals surface area contributed by atoms with Crippen LogP contribution in [0.5, 0.6) is 0 Å². The van der Waals surface area contributed by atoms with Crippen LogP contribution in [0, 0.1) is 0 Å². The molecule has 1 aliphatic rings. The first-order chi connectivity index (χ1) is 11.8. The summed E-state index contributed by atoms with van der Waals surface area (Å²) in [6.45, 7) is 0. The molecule has 0 unspecified atom stereocenters. The largest absolute Gasteiger partial charge is 0.456 e. The van der Waals surface area contributed by atoms with Gasteiger partial charge in [-0.2, -0.15) is 13.2 Å². The van der Waals surface area contributed by atoms with Crippen LogP contribution >= 0.6 is 24.0 Å². The predicted molar refractivity (Wildman–Crippen MR) is 92.8 cm³/mol. The van der Waals surface area contributed by atoms with Crippen molar-refractivity contribution >= 4 is 62.2 Å². The topological polar surface area (TPSA) is 55.1 Å². The third-order valence-electron chi connectivity index (χ3n) is 3.61. The Kier molecular flexibility index (Phi) is 3.58. The highest BCUT2D eigenvalue weighted by Gasteiger charge is 2.30. The number of rotatable bonds is 1. The highest BCUT2D eigenvalue weighted by Crippen LogP contribution is 2.34. The van der Waals surface area contributed by atoms with E-state index in [9.17, 15) is 18.0 Å². The van der Waals surface area contributed by atoms with Crippen molar-refractivity contribution in [1.82, 2.24) is 10.3 Å². The summed E-state index contributed by atoms with van der Waals surface area (Å²) in [7, 11) is 0. The molecule has 0 spiro atoms. The lowest BCUT2D eigenvalue weighted by molar-refractivity contribution is -0.137. The minimum absolute atomic E-state index is 0.185. The Morgan fingerprint density at radius 1 is 1.28 bits per heavy atom. The van der Waals surface area contributed by atoms with Gasteiger partial charge in [-0.15, -0.1) is 0 Å². The lowest BCUT2D eigenvalue weighted by Gasteiger charge is -2.07. The number of aromatic nitrogens is 1. The van der Waals surface area contributed by atoms with Gasteiger partial charge in [-0.25, -0.2) is 0 Å². The van der Waals surface area contributed by atoms with Crippen LogP contribution in [0.1, 0.15) is 11.3 Å². The molecule has 9 heteroatoms. The van der Waals surface area contributed by atoms with E-state index in [1.165, 1.54) is 18.3 Å². The maximum absolute atomic E-state index is 12.8. The SMILES string of the molecule is O=C1NC(=S)S/C1=C\c1cc2cnc3cc(C(F)(F)F)ccc3c2o1. The Bertz CT molecular complexity index is 1090. The summed E-state index contributed by atoms with van der Waals surface area (Å²) in [4.78, 5) is 16.2.